The first kappa shape index (κ1) is 17.7. The van der Waals surface area contributed by atoms with Crippen molar-refractivity contribution in [2.75, 3.05) is 0 Å². The molecule has 0 aromatic heterocycles. The molecule has 0 spiro atoms. The van der Waals surface area contributed by atoms with Crippen LogP contribution in [0.2, 0.25) is 0 Å². The van der Waals surface area contributed by atoms with Crippen molar-refractivity contribution in [2.24, 2.45) is 0 Å². The molecule has 4 nitrogen and oxygen atoms in total. The Kier molecular flexibility index (Phi) is 10.0. The van der Waals surface area contributed by atoms with Gasteiger partial charge in [-0.1, -0.05) is 13.8 Å². The van der Waals surface area contributed by atoms with E-state index in [0.29, 0.717) is 5.92 Å². The molecular formula is C9H14NaO4P. The number of hydrogen-bond acceptors (Lipinski definition) is 1. The monoisotopic (exact) mass is 240 g/mol. The Bertz CT molecular complexity index is 288. The molecule has 1 rings (SSSR count). The molecule has 0 aliphatic carbocycles. The van der Waals surface area contributed by atoms with Crippen LogP contribution in [0.5, 0.6) is 0 Å². The zero-order chi connectivity index (χ0) is 11.2. The zero-order valence-electron chi connectivity index (χ0n) is 9.08. The molecule has 0 radical (unpaired) electrons. The molecule has 80 valence electrons. The van der Waals surface area contributed by atoms with Crippen LogP contribution in [-0.4, -0.2) is 14.7 Å². The van der Waals surface area contributed by atoms with E-state index < -0.39 is 7.82 Å². The minimum atomic E-state index is -4.64. The third-order valence-corrected chi connectivity index (χ3v) is 1.36. The second-order valence-electron chi connectivity index (χ2n) is 2.99. The molecule has 0 atom stereocenters. The third-order valence-electron chi connectivity index (χ3n) is 1.36. The van der Waals surface area contributed by atoms with Crippen molar-refractivity contribution in [3.63, 3.8) is 0 Å². The Morgan fingerprint density at radius 3 is 1.93 bits per heavy atom. The maximum absolute atomic E-state index is 8.88. The molecule has 1 aromatic carbocycles. The molecule has 15 heavy (non-hydrogen) atoms. The smallest absolute Gasteiger partial charge is 0.303 e. The van der Waals surface area contributed by atoms with Crippen molar-refractivity contribution < 1.29 is 48.8 Å². The summed E-state index contributed by atoms with van der Waals surface area (Å²) in [5.74, 6) is 0.603. The second-order valence-corrected chi connectivity index (χ2v) is 4.01. The number of phosphoric acid groups is 1. The molecule has 0 bridgehead atoms. The van der Waals surface area contributed by atoms with Crippen LogP contribution in [0.1, 0.15) is 25.3 Å². The van der Waals surface area contributed by atoms with E-state index in [2.05, 4.69) is 26.0 Å². The quantitative estimate of drug-likeness (QED) is 0.323. The van der Waals surface area contributed by atoms with Gasteiger partial charge in [-0.15, -0.1) is 0 Å². The summed E-state index contributed by atoms with van der Waals surface area (Å²) < 4.78 is 8.88. The van der Waals surface area contributed by atoms with Crippen LogP contribution in [0.4, 0.5) is 0 Å². The average molecular weight is 240 g/mol. The summed E-state index contributed by atoms with van der Waals surface area (Å²) >= 11 is 0. The van der Waals surface area contributed by atoms with E-state index >= 15 is 0 Å². The first-order valence-corrected chi connectivity index (χ1v) is 5.62. The van der Waals surface area contributed by atoms with Gasteiger partial charge in [0, 0.05) is 0 Å². The van der Waals surface area contributed by atoms with E-state index in [9.17, 15) is 0 Å². The van der Waals surface area contributed by atoms with Crippen molar-refractivity contribution in [3.8, 4) is 0 Å². The summed E-state index contributed by atoms with van der Waals surface area (Å²) in [7, 11) is -4.64. The molecule has 0 heterocycles. The van der Waals surface area contributed by atoms with E-state index in [-0.39, 0.29) is 29.6 Å². The van der Waals surface area contributed by atoms with Gasteiger partial charge >= 0.3 is 37.4 Å². The second kappa shape index (κ2) is 8.48. The Balaban J connectivity index is 0. The van der Waals surface area contributed by atoms with Crippen LogP contribution in [0.3, 0.4) is 0 Å². The summed E-state index contributed by atoms with van der Waals surface area (Å²) in [6, 6.07) is 11.3. The van der Waals surface area contributed by atoms with Crippen molar-refractivity contribution >= 4 is 7.82 Å². The Morgan fingerprint density at radius 2 is 1.73 bits per heavy atom. The fraction of sp³-hybridized carbons (Fsp3) is 0.333. The molecular weight excluding hydrogens is 226 g/mol. The molecule has 0 aliphatic heterocycles. The van der Waals surface area contributed by atoms with Crippen molar-refractivity contribution in [1.82, 2.24) is 0 Å². The van der Waals surface area contributed by atoms with E-state index in [4.69, 9.17) is 19.2 Å². The van der Waals surface area contributed by atoms with Gasteiger partial charge in [-0.3, -0.25) is 0 Å². The number of rotatable bonds is 1. The fourth-order valence-electron chi connectivity index (χ4n) is 0.766. The van der Waals surface area contributed by atoms with Crippen molar-refractivity contribution in [3.05, 3.63) is 35.9 Å². The summed E-state index contributed by atoms with van der Waals surface area (Å²) in [5, 5.41) is 0. The third kappa shape index (κ3) is 14.3. The molecule has 0 amide bonds. The Morgan fingerprint density at radius 1 is 1.27 bits per heavy atom. The standard InChI is InChI=1S/C9H11.Na.H3O4P/c1-8(2)9-6-4-3-5-7-9;;1-5(2,3)4/h3-6,8H,1-2H3;;(H3,1,2,3,4)/q-1;+1;. The molecule has 0 fully saturated rings. The van der Waals surface area contributed by atoms with Gasteiger partial charge in [0.2, 0.25) is 0 Å². The maximum atomic E-state index is 8.88. The summed E-state index contributed by atoms with van der Waals surface area (Å²) in [5.41, 5.74) is 1.29. The molecule has 1 aromatic rings. The normalized spacial score (nSPS) is 10.0. The first-order chi connectivity index (χ1) is 6.30. The predicted molar refractivity (Wildman–Crippen MR) is 53.6 cm³/mol. The zero-order valence-corrected chi connectivity index (χ0v) is 12.0. The van der Waals surface area contributed by atoms with Crippen LogP contribution in [-0.2, 0) is 4.57 Å². The van der Waals surface area contributed by atoms with Gasteiger partial charge in [0.25, 0.3) is 0 Å². The SMILES string of the molecule is CC(C)c1[c-]cccc1.O=P(O)(O)O.[Na+]. The molecule has 6 heteroatoms. The Labute approximate surface area is 112 Å². The summed E-state index contributed by atoms with van der Waals surface area (Å²) in [4.78, 5) is 21.6. The van der Waals surface area contributed by atoms with Gasteiger partial charge < -0.3 is 14.7 Å². The van der Waals surface area contributed by atoms with E-state index in [1.54, 1.807) is 0 Å². The van der Waals surface area contributed by atoms with Crippen LogP contribution >= 0.6 is 7.82 Å². The van der Waals surface area contributed by atoms with E-state index in [1.165, 1.54) is 5.56 Å². The van der Waals surface area contributed by atoms with Gasteiger partial charge in [-0.25, -0.2) is 4.57 Å². The minimum Gasteiger partial charge on any atom is -0.303 e. The van der Waals surface area contributed by atoms with Crippen LogP contribution < -0.4 is 29.6 Å². The Hall–Kier alpha value is 0.330. The molecule has 3 N–H and O–H groups in total. The van der Waals surface area contributed by atoms with E-state index in [1.807, 2.05) is 18.2 Å². The topological polar surface area (TPSA) is 77.8 Å². The first-order valence-electron chi connectivity index (χ1n) is 4.05. The van der Waals surface area contributed by atoms with Gasteiger partial charge in [0.05, 0.1) is 0 Å². The summed E-state index contributed by atoms with van der Waals surface area (Å²) in [6.07, 6.45) is 0. The largest absolute Gasteiger partial charge is 1.00 e. The van der Waals surface area contributed by atoms with Gasteiger partial charge in [-0.2, -0.15) is 35.9 Å². The predicted octanol–water partition coefficient (Wildman–Crippen LogP) is -1.31. The van der Waals surface area contributed by atoms with Gasteiger partial charge in [0.1, 0.15) is 0 Å². The maximum Gasteiger partial charge on any atom is 1.00 e. The van der Waals surface area contributed by atoms with Crippen LogP contribution in [0, 0.1) is 6.07 Å². The molecule has 0 saturated heterocycles. The van der Waals surface area contributed by atoms with Crippen molar-refractivity contribution in [1.29, 1.82) is 0 Å². The van der Waals surface area contributed by atoms with Gasteiger partial charge in [0.15, 0.2) is 0 Å². The molecule has 0 saturated carbocycles. The summed E-state index contributed by atoms with van der Waals surface area (Å²) in [6.45, 7) is 4.34. The van der Waals surface area contributed by atoms with Gasteiger partial charge in [-0.05, 0) is 5.92 Å². The number of benzene rings is 1. The minimum absolute atomic E-state index is 0. The average Bonchev–Trinajstić information content (AvgIpc) is 2.03. The van der Waals surface area contributed by atoms with Crippen molar-refractivity contribution in [2.45, 2.75) is 19.8 Å². The fourth-order valence-corrected chi connectivity index (χ4v) is 0.766. The molecule has 0 unspecified atom stereocenters. The number of hydrogen-bond donors (Lipinski definition) is 3. The van der Waals surface area contributed by atoms with E-state index in [0.717, 1.165) is 0 Å². The molecule has 0 aliphatic rings. The van der Waals surface area contributed by atoms with Crippen LogP contribution in [0.25, 0.3) is 0 Å². The van der Waals surface area contributed by atoms with Crippen LogP contribution in [0.15, 0.2) is 24.3 Å².